The first-order chi connectivity index (χ1) is 10.1. The lowest BCUT2D eigenvalue weighted by Gasteiger charge is -2.35. The van der Waals surface area contributed by atoms with Crippen molar-refractivity contribution in [3.05, 3.63) is 24.4 Å². The molecule has 6 nitrogen and oxygen atoms in total. The van der Waals surface area contributed by atoms with Gasteiger partial charge in [-0.15, -0.1) is 0 Å². The van der Waals surface area contributed by atoms with Crippen LogP contribution in [0.3, 0.4) is 0 Å². The minimum Gasteiger partial charge on any atom is -0.481 e. The number of carbonyl (C=O) groups is 2. The van der Waals surface area contributed by atoms with Gasteiger partial charge in [0.05, 0.1) is 0 Å². The second-order valence-corrected chi connectivity index (χ2v) is 5.46. The van der Waals surface area contributed by atoms with E-state index in [-0.39, 0.29) is 18.2 Å². The van der Waals surface area contributed by atoms with Crippen molar-refractivity contribution >= 4 is 17.7 Å². The number of aliphatic carboxylic acids is 1. The van der Waals surface area contributed by atoms with Crippen molar-refractivity contribution in [2.24, 2.45) is 5.92 Å². The third kappa shape index (κ3) is 4.44. The van der Waals surface area contributed by atoms with E-state index in [4.69, 9.17) is 5.11 Å². The number of hydrogen-bond donors (Lipinski definition) is 1. The fourth-order valence-corrected chi connectivity index (χ4v) is 2.52. The Morgan fingerprint density at radius 1 is 1.24 bits per heavy atom. The average Bonchev–Trinajstić information content (AvgIpc) is 2.47. The predicted octanol–water partition coefficient (Wildman–Crippen LogP) is 1.23. The van der Waals surface area contributed by atoms with Crippen LogP contribution in [0.5, 0.6) is 0 Å². The van der Waals surface area contributed by atoms with Gasteiger partial charge >= 0.3 is 5.97 Å². The van der Waals surface area contributed by atoms with Crippen LogP contribution in [0.2, 0.25) is 0 Å². The Bertz CT molecular complexity index is 484. The predicted molar refractivity (Wildman–Crippen MR) is 79.1 cm³/mol. The van der Waals surface area contributed by atoms with Gasteiger partial charge in [-0.25, -0.2) is 4.98 Å². The summed E-state index contributed by atoms with van der Waals surface area (Å²) in [5.74, 6) is 0.00681. The first kappa shape index (κ1) is 15.3. The number of nitrogens with zero attached hydrogens (tertiary/aromatic N) is 3. The summed E-state index contributed by atoms with van der Waals surface area (Å²) in [5.41, 5.74) is 0. The summed E-state index contributed by atoms with van der Waals surface area (Å²) in [5, 5.41) is 8.73. The average molecular weight is 291 g/mol. The highest BCUT2D eigenvalue weighted by molar-refractivity contribution is 5.77. The van der Waals surface area contributed by atoms with Crippen LogP contribution >= 0.6 is 0 Å². The Hall–Kier alpha value is -2.11. The van der Waals surface area contributed by atoms with Gasteiger partial charge in [-0.1, -0.05) is 13.0 Å². The molecule has 1 aromatic rings. The molecule has 1 N–H and O–H groups in total. The second kappa shape index (κ2) is 7.06. The fourth-order valence-electron chi connectivity index (χ4n) is 2.52. The molecule has 1 unspecified atom stereocenters. The normalized spacial score (nSPS) is 16.6. The molecular formula is C15H21N3O3. The maximum absolute atomic E-state index is 12.1. The van der Waals surface area contributed by atoms with Crippen molar-refractivity contribution < 1.29 is 14.7 Å². The molecule has 1 aliphatic rings. The Morgan fingerprint density at radius 3 is 2.52 bits per heavy atom. The van der Waals surface area contributed by atoms with Crippen LogP contribution in [0, 0.1) is 5.92 Å². The van der Waals surface area contributed by atoms with Gasteiger partial charge in [0.15, 0.2) is 0 Å². The smallest absolute Gasteiger partial charge is 0.303 e. The van der Waals surface area contributed by atoms with Crippen molar-refractivity contribution in [3.63, 3.8) is 0 Å². The molecule has 0 aliphatic carbocycles. The number of hydrogen-bond acceptors (Lipinski definition) is 4. The van der Waals surface area contributed by atoms with Crippen molar-refractivity contribution in [1.29, 1.82) is 0 Å². The van der Waals surface area contributed by atoms with E-state index in [0.717, 1.165) is 18.9 Å². The number of piperazine rings is 1. The maximum Gasteiger partial charge on any atom is 0.303 e. The number of carbonyl (C=O) groups excluding carboxylic acids is 1. The van der Waals surface area contributed by atoms with Gasteiger partial charge in [0.25, 0.3) is 0 Å². The van der Waals surface area contributed by atoms with Gasteiger partial charge in [0.2, 0.25) is 5.91 Å². The number of rotatable bonds is 5. The van der Waals surface area contributed by atoms with E-state index >= 15 is 0 Å². The number of carboxylic acid groups (broad SMARTS) is 1. The number of pyridine rings is 1. The summed E-state index contributed by atoms with van der Waals surface area (Å²) in [4.78, 5) is 31.0. The lowest BCUT2D eigenvalue weighted by Crippen LogP contribution is -2.49. The van der Waals surface area contributed by atoms with E-state index in [2.05, 4.69) is 9.88 Å². The van der Waals surface area contributed by atoms with Gasteiger partial charge in [0.1, 0.15) is 5.82 Å². The molecule has 1 saturated heterocycles. The number of carboxylic acids is 1. The zero-order chi connectivity index (χ0) is 15.2. The zero-order valence-corrected chi connectivity index (χ0v) is 12.2. The van der Waals surface area contributed by atoms with Crippen molar-refractivity contribution in [1.82, 2.24) is 9.88 Å². The van der Waals surface area contributed by atoms with Crippen LogP contribution in [-0.4, -0.2) is 53.0 Å². The molecule has 0 saturated carbocycles. The van der Waals surface area contributed by atoms with E-state index in [1.165, 1.54) is 0 Å². The zero-order valence-electron chi connectivity index (χ0n) is 12.2. The second-order valence-electron chi connectivity index (χ2n) is 5.46. The molecule has 6 heteroatoms. The summed E-state index contributed by atoms with van der Waals surface area (Å²) in [6.07, 6.45) is 2.11. The highest BCUT2D eigenvalue weighted by Gasteiger charge is 2.23. The van der Waals surface area contributed by atoms with Gasteiger partial charge < -0.3 is 14.9 Å². The van der Waals surface area contributed by atoms with Gasteiger partial charge in [-0.05, 0) is 18.1 Å². The molecule has 114 valence electrons. The summed E-state index contributed by atoms with van der Waals surface area (Å²) in [6.45, 7) is 4.65. The molecule has 1 aromatic heterocycles. The van der Waals surface area contributed by atoms with Gasteiger partial charge in [-0.2, -0.15) is 0 Å². The highest BCUT2D eigenvalue weighted by atomic mass is 16.4. The molecule has 0 radical (unpaired) electrons. The van der Waals surface area contributed by atoms with Crippen LogP contribution in [-0.2, 0) is 9.59 Å². The summed E-state index contributed by atoms with van der Waals surface area (Å²) in [7, 11) is 0. The molecule has 2 heterocycles. The Balaban J connectivity index is 1.81. The number of amides is 1. The maximum atomic E-state index is 12.1. The number of aromatic nitrogens is 1. The van der Waals surface area contributed by atoms with Gasteiger partial charge in [0, 0.05) is 45.2 Å². The van der Waals surface area contributed by atoms with Crippen molar-refractivity contribution in [3.8, 4) is 0 Å². The van der Waals surface area contributed by atoms with Crippen molar-refractivity contribution in [2.75, 3.05) is 31.1 Å². The van der Waals surface area contributed by atoms with E-state index in [9.17, 15) is 9.59 Å². The Labute approximate surface area is 124 Å². The van der Waals surface area contributed by atoms with E-state index in [1.54, 1.807) is 13.1 Å². The molecule has 21 heavy (non-hydrogen) atoms. The van der Waals surface area contributed by atoms with E-state index < -0.39 is 5.97 Å². The first-order valence-electron chi connectivity index (χ1n) is 7.22. The fraction of sp³-hybridized carbons (Fsp3) is 0.533. The first-order valence-corrected chi connectivity index (χ1v) is 7.22. The van der Waals surface area contributed by atoms with Crippen LogP contribution in [0.25, 0.3) is 0 Å². The molecule has 1 amide bonds. The molecule has 0 aromatic carbocycles. The Kier molecular flexibility index (Phi) is 5.14. The summed E-state index contributed by atoms with van der Waals surface area (Å²) < 4.78 is 0. The SMILES string of the molecule is CC(CC(=O)O)CC(=O)N1CCN(c2ccccn2)CC1. The standard InChI is InChI=1S/C15H21N3O3/c1-12(11-15(20)21)10-14(19)18-8-6-17(7-9-18)13-4-2-3-5-16-13/h2-5,12H,6-11H2,1H3,(H,20,21). The highest BCUT2D eigenvalue weighted by Crippen LogP contribution is 2.15. The lowest BCUT2D eigenvalue weighted by atomic mass is 10.0. The molecule has 1 atom stereocenters. The van der Waals surface area contributed by atoms with E-state index in [0.29, 0.717) is 19.5 Å². The number of anilines is 1. The van der Waals surface area contributed by atoms with Crippen molar-refractivity contribution in [2.45, 2.75) is 19.8 Å². The summed E-state index contributed by atoms with van der Waals surface area (Å²) in [6, 6.07) is 5.80. The molecular weight excluding hydrogens is 270 g/mol. The van der Waals surface area contributed by atoms with Gasteiger partial charge in [-0.3, -0.25) is 9.59 Å². The third-order valence-corrected chi connectivity index (χ3v) is 3.65. The quantitative estimate of drug-likeness (QED) is 0.883. The van der Waals surface area contributed by atoms with Crippen LogP contribution in [0.15, 0.2) is 24.4 Å². The van der Waals surface area contributed by atoms with Crippen LogP contribution < -0.4 is 4.90 Å². The largest absolute Gasteiger partial charge is 0.481 e. The van der Waals surface area contributed by atoms with Crippen LogP contribution in [0.4, 0.5) is 5.82 Å². The third-order valence-electron chi connectivity index (χ3n) is 3.65. The molecule has 0 spiro atoms. The molecule has 1 fully saturated rings. The van der Waals surface area contributed by atoms with E-state index in [1.807, 2.05) is 23.1 Å². The Morgan fingerprint density at radius 2 is 1.95 bits per heavy atom. The minimum absolute atomic E-state index is 0.0413. The monoisotopic (exact) mass is 291 g/mol. The minimum atomic E-state index is -0.852. The topological polar surface area (TPSA) is 73.7 Å². The van der Waals surface area contributed by atoms with Crippen LogP contribution in [0.1, 0.15) is 19.8 Å². The molecule has 0 bridgehead atoms. The molecule has 2 rings (SSSR count). The summed E-state index contributed by atoms with van der Waals surface area (Å²) >= 11 is 0. The molecule has 1 aliphatic heterocycles. The lowest BCUT2D eigenvalue weighted by molar-refractivity contribution is -0.138.